The molecule has 0 atom stereocenters. The van der Waals surface area contributed by atoms with Crippen LogP contribution in [0.5, 0.6) is 11.5 Å². The first-order valence-electron chi connectivity index (χ1n) is 11.2. The third-order valence-electron chi connectivity index (χ3n) is 5.49. The maximum Gasteiger partial charge on any atom is 0.323 e. The predicted octanol–water partition coefficient (Wildman–Crippen LogP) is 5.97. The second-order valence-electron chi connectivity index (χ2n) is 8.06. The molecule has 0 saturated carbocycles. The van der Waals surface area contributed by atoms with Crippen molar-refractivity contribution in [3.63, 3.8) is 0 Å². The van der Waals surface area contributed by atoms with Gasteiger partial charge in [0.05, 0.1) is 35.5 Å². The lowest BCUT2D eigenvalue weighted by Crippen LogP contribution is -2.36. The van der Waals surface area contributed by atoms with Gasteiger partial charge in [-0.2, -0.15) is 4.39 Å². The van der Waals surface area contributed by atoms with Crippen LogP contribution in [0, 0.1) is 17.5 Å². The number of urea groups is 1. The Labute approximate surface area is 214 Å². The van der Waals surface area contributed by atoms with E-state index in [2.05, 4.69) is 20.6 Å². The molecule has 1 saturated heterocycles. The van der Waals surface area contributed by atoms with Gasteiger partial charge in [-0.05, 0) is 30.3 Å². The van der Waals surface area contributed by atoms with E-state index >= 15 is 0 Å². The average Bonchev–Trinajstić information content (AvgIpc) is 2.89. The number of morpholine rings is 1. The zero-order valence-electron chi connectivity index (χ0n) is 19.1. The second kappa shape index (κ2) is 10.5. The Balaban J connectivity index is 1.34. The molecule has 37 heavy (non-hydrogen) atoms. The zero-order valence-corrected chi connectivity index (χ0v) is 19.9. The summed E-state index contributed by atoms with van der Waals surface area (Å²) in [6, 6.07) is 9.55. The molecule has 12 heteroatoms. The summed E-state index contributed by atoms with van der Waals surface area (Å²) >= 11 is 5.63. The quantitative estimate of drug-likeness (QED) is 0.331. The van der Waals surface area contributed by atoms with E-state index in [9.17, 15) is 18.0 Å². The summed E-state index contributed by atoms with van der Waals surface area (Å²) in [4.78, 5) is 23.3. The number of fused-ring (bicyclic) bond motifs is 1. The van der Waals surface area contributed by atoms with Crippen LogP contribution in [0.25, 0.3) is 11.0 Å². The lowest BCUT2D eigenvalue weighted by molar-refractivity contribution is 0.122. The summed E-state index contributed by atoms with van der Waals surface area (Å²) in [5, 5.41) is 4.64. The highest BCUT2D eigenvalue weighted by Crippen LogP contribution is 2.31. The van der Waals surface area contributed by atoms with Crippen molar-refractivity contribution in [3.8, 4) is 11.5 Å². The minimum absolute atomic E-state index is 0.0870. The SMILES string of the molecule is O=C(Nc1ccc(Cl)c(F)c1)Nc1cc(F)c(F)c(Oc2ccc3ncc(N4CCOCC4)nc3c2)c1. The number of anilines is 3. The van der Waals surface area contributed by atoms with Crippen LogP contribution in [0.15, 0.2) is 54.7 Å². The molecule has 0 aliphatic carbocycles. The van der Waals surface area contributed by atoms with Crippen LogP contribution < -0.4 is 20.3 Å². The van der Waals surface area contributed by atoms with E-state index in [1.54, 1.807) is 24.4 Å². The van der Waals surface area contributed by atoms with Gasteiger partial charge < -0.3 is 25.0 Å². The standard InChI is InChI=1S/C25H19ClF3N5O3/c26-17-3-1-14(9-18(17)27)31-25(35)32-15-10-19(28)24(29)22(11-15)37-16-2-4-20-21(12-16)33-23(13-30-20)34-5-7-36-8-6-34/h1-4,9-13H,5-8H2,(H2,31,32,35). The Morgan fingerprint density at radius 3 is 2.49 bits per heavy atom. The van der Waals surface area contributed by atoms with Crippen LogP contribution in [0.4, 0.5) is 35.2 Å². The largest absolute Gasteiger partial charge is 0.454 e. The first-order valence-corrected chi connectivity index (χ1v) is 11.5. The highest BCUT2D eigenvalue weighted by molar-refractivity contribution is 6.30. The highest BCUT2D eigenvalue weighted by Gasteiger charge is 2.17. The lowest BCUT2D eigenvalue weighted by atomic mass is 10.2. The minimum Gasteiger partial charge on any atom is -0.454 e. The van der Waals surface area contributed by atoms with Gasteiger partial charge in [0.1, 0.15) is 17.4 Å². The van der Waals surface area contributed by atoms with Gasteiger partial charge in [-0.15, -0.1) is 0 Å². The number of hydrogen-bond acceptors (Lipinski definition) is 6. The van der Waals surface area contributed by atoms with Crippen molar-refractivity contribution in [1.29, 1.82) is 0 Å². The van der Waals surface area contributed by atoms with Crippen LogP contribution in [-0.2, 0) is 4.74 Å². The fourth-order valence-electron chi connectivity index (χ4n) is 3.69. The number of rotatable bonds is 5. The molecule has 0 radical (unpaired) electrons. The molecular formula is C25H19ClF3N5O3. The van der Waals surface area contributed by atoms with E-state index in [0.717, 1.165) is 18.2 Å². The number of ether oxygens (including phenoxy) is 2. The number of benzene rings is 3. The molecule has 1 aliphatic rings. The van der Waals surface area contributed by atoms with E-state index in [1.807, 2.05) is 4.90 Å². The number of aromatic nitrogens is 2. The van der Waals surface area contributed by atoms with E-state index in [1.165, 1.54) is 12.1 Å². The topological polar surface area (TPSA) is 88.6 Å². The molecule has 0 spiro atoms. The Bertz CT molecular complexity index is 1480. The number of carbonyl (C=O) groups excluding carboxylic acids is 1. The van der Waals surface area contributed by atoms with Crippen molar-refractivity contribution in [2.24, 2.45) is 0 Å². The van der Waals surface area contributed by atoms with Crippen molar-refractivity contribution >= 4 is 45.9 Å². The lowest BCUT2D eigenvalue weighted by Gasteiger charge is -2.27. The van der Waals surface area contributed by atoms with Crippen LogP contribution in [-0.4, -0.2) is 42.3 Å². The predicted molar refractivity (Wildman–Crippen MR) is 133 cm³/mol. The molecule has 2 heterocycles. The molecule has 190 valence electrons. The highest BCUT2D eigenvalue weighted by atomic mass is 35.5. The van der Waals surface area contributed by atoms with Gasteiger partial charge in [0, 0.05) is 42.7 Å². The van der Waals surface area contributed by atoms with Crippen molar-refractivity contribution in [1.82, 2.24) is 9.97 Å². The Kier molecular flexibility index (Phi) is 6.97. The van der Waals surface area contributed by atoms with Gasteiger partial charge >= 0.3 is 6.03 Å². The molecule has 2 amide bonds. The number of nitrogens with one attached hydrogen (secondary N) is 2. The monoisotopic (exact) mass is 529 g/mol. The summed E-state index contributed by atoms with van der Waals surface area (Å²) < 4.78 is 53.4. The number of halogens is 4. The number of amides is 2. The second-order valence-corrected chi connectivity index (χ2v) is 8.47. The van der Waals surface area contributed by atoms with Crippen molar-refractivity contribution < 1.29 is 27.4 Å². The first-order chi connectivity index (χ1) is 17.9. The molecule has 4 aromatic rings. The van der Waals surface area contributed by atoms with E-state index < -0.39 is 29.2 Å². The maximum atomic E-state index is 14.5. The molecule has 1 fully saturated rings. The van der Waals surface area contributed by atoms with Crippen molar-refractivity contribution in [2.45, 2.75) is 0 Å². The van der Waals surface area contributed by atoms with E-state index in [4.69, 9.17) is 21.1 Å². The van der Waals surface area contributed by atoms with E-state index in [-0.39, 0.29) is 22.1 Å². The summed E-state index contributed by atoms with van der Waals surface area (Å²) in [6.07, 6.45) is 1.67. The Morgan fingerprint density at radius 1 is 0.946 bits per heavy atom. The van der Waals surface area contributed by atoms with Gasteiger partial charge in [0.25, 0.3) is 0 Å². The van der Waals surface area contributed by atoms with Gasteiger partial charge in [0.15, 0.2) is 11.6 Å². The third kappa shape index (κ3) is 5.68. The minimum atomic E-state index is -1.24. The summed E-state index contributed by atoms with van der Waals surface area (Å²) in [5.41, 5.74) is 1.14. The molecule has 8 nitrogen and oxygen atoms in total. The Hall–Kier alpha value is -4.09. The smallest absolute Gasteiger partial charge is 0.323 e. The average molecular weight is 530 g/mol. The third-order valence-corrected chi connectivity index (χ3v) is 5.80. The van der Waals surface area contributed by atoms with Crippen LogP contribution in [0.3, 0.4) is 0 Å². The molecule has 0 bridgehead atoms. The fourth-order valence-corrected chi connectivity index (χ4v) is 3.81. The summed E-state index contributed by atoms with van der Waals surface area (Å²) in [6.45, 7) is 2.54. The number of carbonyl (C=O) groups is 1. The van der Waals surface area contributed by atoms with Crippen LogP contribution >= 0.6 is 11.6 Å². The Morgan fingerprint density at radius 2 is 1.70 bits per heavy atom. The van der Waals surface area contributed by atoms with E-state index in [0.29, 0.717) is 43.2 Å². The van der Waals surface area contributed by atoms with Gasteiger partial charge in [0.2, 0.25) is 5.82 Å². The zero-order chi connectivity index (χ0) is 25.9. The number of nitrogens with zero attached hydrogens (tertiary/aromatic N) is 3. The molecule has 1 aromatic heterocycles. The molecule has 5 rings (SSSR count). The normalized spacial score (nSPS) is 13.5. The van der Waals surface area contributed by atoms with Crippen LogP contribution in [0.2, 0.25) is 5.02 Å². The molecule has 1 aliphatic heterocycles. The molecular weight excluding hydrogens is 511 g/mol. The van der Waals surface area contributed by atoms with Gasteiger partial charge in [-0.1, -0.05) is 11.6 Å². The molecule has 2 N–H and O–H groups in total. The molecule has 0 unspecified atom stereocenters. The van der Waals surface area contributed by atoms with Crippen LogP contribution in [0.1, 0.15) is 0 Å². The fraction of sp³-hybridized carbons (Fsp3) is 0.160. The van der Waals surface area contributed by atoms with Gasteiger partial charge in [-0.25, -0.2) is 18.6 Å². The molecule has 3 aromatic carbocycles. The van der Waals surface area contributed by atoms with Crippen molar-refractivity contribution in [3.05, 3.63) is 77.2 Å². The number of hydrogen-bond donors (Lipinski definition) is 2. The van der Waals surface area contributed by atoms with Gasteiger partial charge in [-0.3, -0.25) is 4.98 Å². The summed E-state index contributed by atoms with van der Waals surface area (Å²) in [7, 11) is 0. The maximum absolute atomic E-state index is 14.5. The summed E-state index contributed by atoms with van der Waals surface area (Å²) in [5.74, 6) is -2.79. The first kappa shape index (κ1) is 24.6. The van der Waals surface area contributed by atoms with Crippen molar-refractivity contribution in [2.75, 3.05) is 41.8 Å².